The van der Waals surface area contributed by atoms with Crippen molar-refractivity contribution in [1.29, 1.82) is 0 Å². The molecule has 0 spiro atoms. The van der Waals surface area contributed by atoms with Crippen molar-refractivity contribution in [3.8, 4) is 0 Å². The van der Waals surface area contributed by atoms with Gasteiger partial charge in [-0.2, -0.15) is 0 Å². The molecule has 4 rings (SSSR count). The monoisotopic (exact) mass is 408 g/mol. The van der Waals surface area contributed by atoms with Crippen LogP contribution >= 0.6 is 11.3 Å². The van der Waals surface area contributed by atoms with E-state index >= 15 is 0 Å². The van der Waals surface area contributed by atoms with Crippen molar-refractivity contribution in [2.75, 3.05) is 39.3 Å². The van der Waals surface area contributed by atoms with Crippen LogP contribution in [0.5, 0.6) is 0 Å². The third-order valence-electron chi connectivity index (χ3n) is 5.50. The molecule has 0 radical (unpaired) electrons. The van der Waals surface area contributed by atoms with Crippen molar-refractivity contribution in [3.63, 3.8) is 0 Å². The van der Waals surface area contributed by atoms with Gasteiger partial charge in [-0.25, -0.2) is 4.98 Å². The zero-order valence-electron chi connectivity index (χ0n) is 16.9. The number of para-hydroxylation sites is 1. The zero-order chi connectivity index (χ0) is 20.1. The van der Waals surface area contributed by atoms with Crippen LogP contribution in [-0.4, -0.2) is 60.0 Å². The summed E-state index contributed by atoms with van der Waals surface area (Å²) in [4.78, 5) is 21.8. The van der Waals surface area contributed by atoms with Crippen LogP contribution in [0.3, 0.4) is 0 Å². The number of hydrogen-bond donors (Lipinski definition) is 1. The summed E-state index contributed by atoms with van der Waals surface area (Å²) in [5.41, 5.74) is 2.35. The second kappa shape index (κ2) is 9.48. The number of nitrogens with one attached hydrogen (secondary N) is 1. The van der Waals surface area contributed by atoms with Crippen molar-refractivity contribution in [1.82, 2.24) is 20.1 Å². The molecule has 1 aliphatic rings. The Morgan fingerprint density at radius 2 is 1.72 bits per heavy atom. The molecule has 29 heavy (non-hydrogen) atoms. The minimum atomic E-state index is 0.118. The highest BCUT2D eigenvalue weighted by atomic mass is 32.1. The van der Waals surface area contributed by atoms with Crippen molar-refractivity contribution < 1.29 is 4.79 Å². The number of benzene rings is 2. The van der Waals surface area contributed by atoms with Crippen molar-refractivity contribution >= 4 is 27.5 Å². The molecule has 1 amide bonds. The van der Waals surface area contributed by atoms with Crippen LogP contribution in [0.25, 0.3) is 10.2 Å². The molecule has 6 heteroatoms. The standard InChI is InChI=1S/C23H28N4OS/c1-18(19-7-3-2-4-8-19)15-24-22(28)16-26-11-13-27(14-12-26)17-23-25-20-9-5-6-10-21(20)29-23/h2-10,18H,11-17H2,1H3,(H,24,28)/t18-/m0/s1. The third-order valence-corrected chi connectivity index (χ3v) is 6.52. The van der Waals surface area contributed by atoms with Gasteiger partial charge in [0.05, 0.1) is 23.3 Å². The molecule has 0 unspecified atom stereocenters. The van der Waals surface area contributed by atoms with Gasteiger partial charge >= 0.3 is 0 Å². The molecule has 0 saturated carbocycles. The van der Waals surface area contributed by atoms with Crippen molar-refractivity contribution in [2.24, 2.45) is 0 Å². The van der Waals surface area contributed by atoms with E-state index in [1.165, 1.54) is 15.3 Å². The molecule has 1 N–H and O–H groups in total. The van der Waals surface area contributed by atoms with E-state index in [1.54, 1.807) is 11.3 Å². The minimum absolute atomic E-state index is 0.118. The predicted molar refractivity (Wildman–Crippen MR) is 119 cm³/mol. The highest BCUT2D eigenvalue weighted by molar-refractivity contribution is 7.18. The number of carbonyl (C=O) groups excluding carboxylic acids is 1. The molecule has 1 aromatic heterocycles. The highest BCUT2D eigenvalue weighted by Crippen LogP contribution is 2.23. The van der Waals surface area contributed by atoms with Crippen molar-refractivity contribution in [2.45, 2.75) is 19.4 Å². The number of amides is 1. The van der Waals surface area contributed by atoms with E-state index in [0.29, 0.717) is 19.0 Å². The summed E-state index contributed by atoms with van der Waals surface area (Å²) in [7, 11) is 0. The Hall–Kier alpha value is -2.28. The van der Waals surface area contributed by atoms with Gasteiger partial charge < -0.3 is 5.32 Å². The van der Waals surface area contributed by atoms with E-state index in [-0.39, 0.29) is 5.91 Å². The number of carbonyl (C=O) groups is 1. The number of nitrogens with zero attached hydrogens (tertiary/aromatic N) is 3. The summed E-state index contributed by atoms with van der Waals surface area (Å²) in [6.45, 7) is 8.01. The number of fused-ring (bicyclic) bond motifs is 1. The van der Waals surface area contributed by atoms with E-state index in [4.69, 9.17) is 4.98 Å². The van der Waals surface area contributed by atoms with Gasteiger partial charge in [-0.05, 0) is 23.6 Å². The zero-order valence-corrected chi connectivity index (χ0v) is 17.7. The fourth-order valence-corrected chi connectivity index (χ4v) is 4.72. The molecule has 0 bridgehead atoms. The van der Waals surface area contributed by atoms with Gasteiger partial charge in [0.2, 0.25) is 5.91 Å². The Bertz CT molecular complexity index is 901. The first kappa shape index (κ1) is 20.0. The Kier molecular flexibility index (Phi) is 6.54. The smallest absolute Gasteiger partial charge is 0.234 e. The number of hydrogen-bond acceptors (Lipinski definition) is 5. The fourth-order valence-electron chi connectivity index (χ4n) is 3.71. The van der Waals surface area contributed by atoms with Gasteiger partial charge in [-0.15, -0.1) is 11.3 Å². The van der Waals surface area contributed by atoms with Gasteiger partial charge in [0.1, 0.15) is 5.01 Å². The molecule has 3 aromatic rings. The molecule has 2 aromatic carbocycles. The SMILES string of the molecule is C[C@@H](CNC(=O)CN1CCN(Cc2nc3ccccc3s2)CC1)c1ccccc1. The van der Waals surface area contributed by atoms with E-state index < -0.39 is 0 Å². The molecule has 1 fully saturated rings. The first-order valence-corrected chi connectivity index (χ1v) is 11.1. The van der Waals surface area contributed by atoms with Crippen LogP contribution in [-0.2, 0) is 11.3 Å². The Morgan fingerprint density at radius 3 is 2.48 bits per heavy atom. The van der Waals surface area contributed by atoms with E-state index in [9.17, 15) is 4.79 Å². The second-order valence-corrected chi connectivity index (χ2v) is 8.86. The quantitative estimate of drug-likeness (QED) is 0.651. The van der Waals surface area contributed by atoms with Crippen LogP contribution in [0.15, 0.2) is 54.6 Å². The molecular weight excluding hydrogens is 380 g/mol. The molecule has 152 valence electrons. The summed E-state index contributed by atoms with van der Waals surface area (Å²) in [6.07, 6.45) is 0. The lowest BCUT2D eigenvalue weighted by atomic mass is 10.0. The first-order valence-electron chi connectivity index (χ1n) is 10.3. The Labute approximate surface area is 176 Å². The Morgan fingerprint density at radius 1 is 1.03 bits per heavy atom. The number of rotatable bonds is 7. The summed E-state index contributed by atoms with van der Waals surface area (Å²) in [5.74, 6) is 0.443. The molecular formula is C23H28N4OS. The molecule has 1 saturated heterocycles. The van der Waals surface area contributed by atoms with Crippen molar-refractivity contribution in [3.05, 3.63) is 65.2 Å². The number of piperazine rings is 1. The Balaban J connectivity index is 1.19. The summed E-state index contributed by atoms with van der Waals surface area (Å²) >= 11 is 1.78. The summed E-state index contributed by atoms with van der Waals surface area (Å²) in [5, 5.41) is 4.27. The number of thiazole rings is 1. The largest absolute Gasteiger partial charge is 0.354 e. The van der Waals surface area contributed by atoms with Crippen LogP contribution in [0.2, 0.25) is 0 Å². The lowest BCUT2D eigenvalue weighted by Crippen LogP contribution is -2.49. The maximum absolute atomic E-state index is 12.3. The number of aromatic nitrogens is 1. The van der Waals surface area contributed by atoms with E-state index in [1.807, 2.05) is 24.3 Å². The van der Waals surface area contributed by atoms with E-state index in [0.717, 1.165) is 38.2 Å². The highest BCUT2D eigenvalue weighted by Gasteiger charge is 2.20. The van der Waals surface area contributed by atoms with Gasteiger partial charge in [0.25, 0.3) is 0 Å². The molecule has 1 atom stereocenters. The fraction of sp³-hybridized carbons (Fsp3) is 0.391. The van der Waals surface area contributed by atoms with Crippen LogP contribution in [0, 0.1) is 0 Å². The lowest BCUT2D eigenvalue weighted by Gasteiger charge is -2.33. The predicted octanol–water partition coefficient (Wildman–Crippen LogP) is 3.33. The second-order valence-electron chi connectivity index (χ2n) is 7.74. The molecule has 0 aliphatic carbocycles. The molecule has 2 heterocycles. The average Bonchev–Trinajstić information content (AvgIpc) is 3.16. The summed E-state index contributed by atoms with van der Waals surface area (Å²) in [6, 6.07) is 18.6. The van der Waals surface area contributed by atoms with Gasteiger partial charge in [-0.1, -0.05) is 49.4 Å². The average molecular weight is 409 g/mol. The van der Waals surface area contributed by atoms with Gasteiger partial charge in [-0.3, -0.25) is 14.6 Å². The van der Waals surface area contributed by atoms with Gasteiger partial charge in [0, 0.05) is 32.7 Å². The first-order chi connectivity index (χ1) is 14.2. The maximum Gasteiger partial charge on any atom is 0.234 e. The molecule has 5 nitrogen and oxygen atoms in total. The van der Waals surface area contributed by atoms with E-state index in [2.05, 4.69) is 52.4 Å². The van der Waals surface area contributed by atoms with Gasteiger partial charge in [0.15, 0.2) is 0 Å². The third kappa shape index (κ3) is 5.41. The topological polar surface area (TPSA) is 48.5 Å². The maximum atomic E-state index is 12.3. The normalized spacial score (nSPS) is 16.7. The van der Waals surface area contributed by atoms with Crippen LogP contribution < -0.4 is 5.32 Å². The minimum Gasteiger partial charge on any atom is -0.354 e. The summed E-state index contributed by atoms with van der Waals surface area (Å²) < 4.78 is 1.25. The van der Waals surface area contributed by atoms with Crippen LogP contribution in [0.1, 0.15) is 23.4 Å². The van der Waals surface area contributed by atoms with Crippen LogP contribution in [0.4, 0.5) is 0 Å². The molecule has 1 aliphatic heterocycles. The lowest BCUT2D eigenvalue weighted by molar-refractivity contribution is -0.122.